The molecule has 0 radical (unpaired) electrons. The minimum absolute atomic E-state index is 0. The van der Waals surface area contributed by atoms with Crippen LogP contribution in [-0.4, -0.2) is 58.4 Å². The van der Waals surface area contributed by atoms with Gasteiger partial charge < -0.3 is 40.7 Å². The summed E-state index contributed by atoms with van der Waals surface area (Å²) in [6, 6.07) is 20.6. The molecule has 59 heavy (non-hydrogen) atoms. The zero-order chi connectivity index (χ0) is 42.2. The summed E-state index contributed by atoms with van der Waals surface area (Å²) in [5.41, 5.74) is 5.31. The topological polar surface area (TPSA) is 161 Å². The largest absolute Gasteiger partial charge is 1.00 e. The number of carboxylic acid groups (broad SMARTS) is 1. The fourth-order valence-corrected chi connectivity index (χ4v) is 6.34. The van der Waals surface area contributed by atoms with E-state index < -0.39 is 5.97 Å². The minimum Gasteiger partial charge on any atom is -1.00 e. The molecule has 0 saturated carbocycles. The maximum atomic E-state index is 13.9. The first-order valence-corrected chi connectivity index (χ1v) is 19.3. The molecule has 0 saturated heterocycles. The predicted molar refractivity (Wildman–Crippen MR) is 211 cm³/mol. The molecule has 16 heteroatoms. The molecular weight excluding hydrogens is 1080 g/mol. The Balaban J connectivity index is 0.000000901. The molecule has 2 heterocycles. The second-order valence-electron chi connectivity index (χ2n) is 14.3. The summed E-state index contributed by atoms with van der Waals surface area (Å²) in [5.74, 6) is 0.795. The van der Waals surface area contributed by atoms with Gasteiger partial charge in [-0.15, -0.1) is 0 Å². The summed E-state index contributed by atoms with van der Waals surface area (Å²) in [6.07, 6.45) is 4.38. The number of carbonyl (C=O) groups is 3. The molecule has 0 fully saturated rings. The van der Waals surface area contributed by atoms with Gasteiger partial charge in [-0.3, -0.25) is 9.59 Å². The van der Waals surface area contributed by atoms with Crippen LogP contribution in [0.4, 0.5) is 8.78 Å². The zero-order valence-electron chi connectivity index (χ0n) is 35.6. The van der Waals surface area contributed by atoms with Gasteiger partial charge in [-0.05, 0) is 131 Å². The molecular formula is C43H49BrCs2F2O11. The van der Waals surface area contributed by atoms with Gasteiger partial charge in [0.2, 0.25) is 0 Å². The molecule has 4 aromatic rings. The maximum absolute atomic E-state index is 13.9. The van der Waals surface area contributed by atoms with Crippen LogP contribution in [0.15, 0.2) is 72.8 Å². The molecule has 2 aliphatic rings. The standard InChI is InChI=1S/C20H21FO4.C18H19FO2.C4H7BrO2.CH2O3.2Cs.H/c1-20(2)11-15-10-16(21)9-14(19(15)25-20)6-3-13-4-7-17(8-5-13)24-12-18(22)23;1-18(2)11-14-10-15(19)9-13(17(14)21-18)6-3-12-4-7-16(20)8-5-12;1-2-7-4(6)3-5;2-1-4-3;;;/h4-5,7-10H,3,6,11-12H2,1-2H3,(H,22,23);4-5,7-10,20H,3,6,11H2,1-2H3;2-3H2,1H3;1,3H;;;/q;;;;2*+1;-1/p-1. The molecule has 2 aliphatic heterocycles. The van der Waals surface area contributed by atoms with Crippen LogP contribution < -0.4 is 157 Å². The van der Waals surface area contributed by atoms with Crippen molar-refractivity contribution in [2.75, 3.05) is 18.5 Å². The molecule has 11 nitrogen and oxygen atoms in total. The number of esters is 1. The van der Waals surface area contributed by atoms with Gasteiger partial charge in [-0.2, -0.15) is 0 Å². The molecule has 4 aromatic carbocycles. The van der Waals surface area contributed by atoms with E-state index in [4.69, 9.17) is 29.4 Å². The number of aliphatic carboxylic acids is 1. The number of carbonyl (C=O) groups excluding carboxylic acids is 2. The average Bonchev–Trinajstić information content (AvgIpc) is 3.66. The van der Waals surface area contributed by atoms with Crippen molar-refractivity contribution in [2.24, 2.45) is 0 Å². The van der Waals surface area contributed by atoms with Crippen LogP contribution in [0.5, 0.6) is 23.0 Å². The smallest absolute Gasteiger partial charge is 1.00 e. The third kappa shape index (κ3) is 20.3. The van der Waals surface area contributed by atoms with E-state index in [1.165, 1.54) is 0 Å². The monoisotopic (exact) mass is 1120 g/mol. The number of ether oxygens (including phenoxy) is 4. The molecule has 0 atom stereocenters. The van der Waals surface area contributed by atoms with Crippen molar-refractivity contribution < 1.29 is 202 Å². The van der Waals surface area contributed by atoms with Gasteiger partial charge in [0, 0.05) is 24.0 Å². The number of benzene rings is 4. The van der Waals surface area contributed by atoms with Crippen LogP contribution in [0.1, 0.15) is 69.4 Å². The Kier molecular flexibility index (Phi) is 26.4. The number of phenolic OH excluding ortho intramolecular Hbond substituents is 1. The van der Waals surface area contributed by atoms with Crippen LogP contribution in [0.2, 0.25) is 0 Å². The first kappa shape index (κ1) is 55.9. The van der Waals surface area contributed by atoms with Gasteiger partial charge >= 0.3 is 150 Å². The number of alkyl halides is 1. The number of phenols is 1. The molecule has 0 aliphatic carbocycles. The Hall–Kier alpha value is -1.11. The molecule has 310 valence electrons. The second-order valence-corrected chi connectivity index (χ2v) is 14.9. The van der Waals surface area contributed by atoms with E-state index in [1.54, 1.807) is 55.5 Å². The number of aryl methyl sites for hydroxylation is 4. The van der Waals surface area contributed by atoms with Gasteiger partial charge in [0.1, 0.15) is 51.2 Å². The first-order valence-electron chi connectivity index (χ1n) is 18.1. The van der Waals surface area contributed by atoms with Crippen LogP contribution in [0.25, 0.3) is 0 Å². The summed E-state index contributed by atoms with van der Waals surface area (Å²) in [7, 11) is 0. The summed E-state index contributed by atoms with van der Waals surface area (Å²) in [6.45, 7) is 9.76. The number of hydrogen-bond donors (Lipinski definition) is 2. The van der Waals surface area contributed by atoms with Crippen molar-refractivity contribution in [3.8, 4) is 23.0 Å². The second kappa shape index (κ2) is 27.8. The Labute approximate surface area is 471 Å². The van der Waals surface area contributed by atoms with E-state index in [9.17, 15) is 23.5 Å². The molecule has 0 amide bonds. The average molecular weight is 1130 g/mol. The number of carboxylic acids is 1. The van der Waals surface area contributed by atoms with Crippen molar-refractivity contribution in [3.05, 3.63) is 118 Å². The van der Waals surface area contributed by atoms with Crippen LogP contribution >= 0.6 is 15.9 Å². The van der Waals surface area contributed by atoms with Crippen molar-refractivity contribution in [3.63, 3.8) is 0 Å². The number of fused-ring (bicyclic) bond motifs is 2. The number of aromatic hydroxyl groups is 1. The minimum atomic E-state index is -1.01. The van der Waals surface area contributed by atoms with Crippen LogP contribution in [0, 0.1) is 11.6 Å². The summed E-state index contributed by atoms with van der Waals surface area (Å²) in [4.78, 5) is 31.9. The van der Waals surface area contributed by atoms with E-state index in [0.29, 0.717) is 30.5 Å². The quantitative estimate of drug-likeness (QED) is 0.0693. The molecule has 0 unspecified atom stereocenters. The summed E-state index contributed by atoms with van der Waals surface area (Å²) >= 11 is 2.94. The van der Waals surface area contributed by atoms with Gasteiger partial charge in [-0.25, -0.2) is 13.6 Å². The Morgan fingerprint density at radius 1 is 0.814 bits per heavy atom. The number of halogens is 3. The van der Waals surface area contributed by atoms with Gasteiger partial charge in [0.25, 0.3) is 6.47 Å². The first-order chi connectivity index (χ1) is 27.0. The Morgan fingerprint density at radius 2 is 1.24 bits per heavy atom. The predicted octanol–water partition coefficient (Wildman–Crippen LogP) is 1.32. The van der Waals surface area contributed by atoms with E-state index in [2.05, 4.69) is 25.6 Å². The number of rotatable bonds is 12. The van der Waals surface area contributed by atoms with Crippen molar-refractivity contribution >= 4 is 34.3 Å². The van der Waals surface area contributed by atoms with Gasteiger partial charge in [0.05, 0.1) is 6.61 Å². The third-order valence-electron chi connectivity index (χ3n) is 8.45. The third-order valence-corrected chi connectivity index (χ3v) is 8.90. The fraction of sp³-hybridized carbons (Fsp3) is 0.372. The fourth-order valence-electron chi connectivity index (χ4n) is 6.18. The molecule has 0 aromatic heterocycles. The molecule has 0 bridgehead atoms. The maximum Gasteiger partial charge on any atom is 1.00 e. The van der Waals surface area contributed by atoms with E-state index in [-0.39, 0.29) is 187 Å². The zero-order valence-corrected chi connectivity index (χ0v) is 48.7. The molecule has 0 spiro atoms. The van der Waals surface area contributed by atoms with E-state index in [1.807, 2.05) is 52.0 Å². The Bertz CT molecular complexity index is 1950. The van der Waals surface area contributed by atoms with Crippen molar-refractivity contribution in [2.45, 2.75) is 84.3 Å². The van der Waals surface area contributed by atoms with Crippen LogP contribution in [-0.2, 0) is 62.5 Å². The number of hydrogen-bond acceptors (Lipinski definition) is 10. The molecule has 2 N–H and O–H groups in total. The van der Waals surface area contributed by atoms with E-state index >= 15 is 0 Å². The van der Waals surface area contributed by atoms with Crippen molar-refractivity contribution in [1.29, 1.82) is 0 Å². The van der Waals surface area contributed by atoms with Crippen LogP contribution in [0.3, 0.4) is 0 Å². The SMILES string of the molecule is CC1(C)Cc2cc(F)cc(CCc3ccc(O)cc3)c2O1.CC1(C)Cc2cc(F)cc(CCc3ccc(OCC(=O)O)cc3)c2O1.CCOC(=O)CBr.O=CO[O-].[Cs+].[Cs+].[H-]. The summed E-state index contributed by atoms with van der Waals surface area (Å²) < 4.78 is 49.2. The van der Waals surface area contributed by atoms with Gasteiger partial charge in [-0.1, -0.05) is 40.2 Å². The Morgan fingerprint density at radius 3 is 1.59 bits per heavy atom. The van der Waals surface area contributed by atoms with Crippen molar-refractivity contribution in [1.82, 2.24) is 0 Å². The normalized spacial score (nSPS) is 13.1. The van der Waals surface area contributed by atoms with E-state index in [0.717, 1.165) is 70.6 Å². The molecule has 6 rings (SSSR count). The van der Waals surface area contributed by atoms with Gasteiger partial charge in [0.15, 0.2) is 6.61 Å². The summed E-state index contributed by atoms with van der Waals surface area (Å²) in [5, 5.41) is 26.6.